The van der Waals surface area contributed by atoms with Crippen LogP contribution in [0.3, 0.4) is 0 Å². The van der Waals surface area contributed by atoms with Crippen molar-refractivity contribution >= 4 is 0 Å². The highest BCUT2D eigenvalue weighted by Gasteiger charge is 1.94. The summed E-state index contributed by atoms with van der Waals surface area (Å²) < 4.78 is 5.56. The summed E-state index contributed by atoms with van der Waals surface area (Å²) in [5.74, 6) is 0.799. The molecule has 0 atom stereocenters. The largest absolute Gasteiger partial charge is 0.494 e. The van der Waals surface area contributed by atoms with Crippen LogP contribution < -0.4 is 0 Å². The highest BCUT2D eigenvalue weighted by molar-refractivity contribution is 5.15. The van der Waals surface area contributed by atoms with Gasteiger partial charge in [-0.2, -0.15) is 0 Å². The Labute approximate surface area is 110 Å². The smallest absolute Gasteiger partial charge is 0.118 e. The van der Waals surface area contributed by atoms with Crippen molar-refractivity contribution in [3.63, 3.8) is 0 Å². The van der Waals surface area contributed by atoms with Gasteiger partial charge in [-0.25, -0.2) is 0 Å². The molecule has 0 fully saturated rings. The summed E-state index contributed by atoms with van der Waals surface area (Å²) in [6.07, 6.45) is 9.89. The quantitative estimate of drug-likeness (QED) is 0.347. The summed E-state index contributed by atoms with van der Waals surface area (Å²) in [5.41, 5.74) is 1.41. The zero-order valence-corrected chi connectivity index (χ0v) is 11.0. The molecule has 0 saturated carbocycles. The Kier molecular flexibility index (Phi) is 7.38. The number of ether oxygens (including phenoxy) is 1. The van der Waals surface area contributed by atoms with Crippen LogP contribution in [0.5, 0.6) is 0 Å². The van der Waals surface area contributed by atoms with Crippen LogP contribution in [0.4, 0.5) is 0 Å². The Balaban J connectivity index is 2.07. The summed E-state index contributed by atoms with van der Waals surface area (Å²) in [7, 11) is 0. The summed E-state index contributed by atoms with van der Waals surface area (Å²) >= 11 is 0. The normalized spacial score (nSPS) is 11.0. The number of hydrogen-bond donors (Lipinski definition) is 0. The fourth-order valence-electron chi connectivity index (χ4n) is 1.73. The molecule has 0 aliphatic rings. The minimum absolute atomic E-state index is 0.750. The second kappa shape index (κ2) is 9.29. The maximum absolute atomic E-state index is 5.56. The number of rotatable bonds is 9. The molecule has 0 heterocycles. The monoisotopic (exact) mass is 242 g/mol. The van der Waals surface area contributed by atoms with E-state index in [-0.39, 0.29) is 0 Å². The van der Waals surface area contributed by atoms with Gasteiger partial charge >= 0.3 is 0 Å². The van der Waals surface area contributed by atoms with Crippen LogP contribution in [0.2, 0.25) is 0 Å². The van der Waals surface area contributed by atoms with Gasteiger partial charge in [-0.05, 0) is 43.4 Å². The van der Waals surface area contributed by atoms with Gasteiger partial charge in [0, 0.05) is 0 Å². The van der Waals surface area contributed by atoms with E-state index in [2.05, 4.69) is 43.5 Å². The maximum atomic E-state index is 5.56. The molecule has 18 heavy (non-hydrogen) atoms. The number of unbranched alkanes of at least 4 members (excludes halogenated alkanes) is 2. The van der Waals surface area contributed by atoms with Crippen LogP contribution >= 0.6 is 0 Å². The number of benzene rings is 1. The lowest BCUT2D eigenvalue weighted by Gasteiger charge is -2.06. The van der Waals surface area contributed by atoms with Crippen LogP contribution in [-0.4, -0.2) is 6.61 Å². The van der Waals surface area contributed by atoms with Gasteiger partial charge in [-0.15, -0.1) is 0 Å². The second-order valence-corrected chi connectivity index (χ2v) is 4.15. The highest BCUT2D eigenvalue weighted by atomic mass is 16.5. The Morgan fingerprint density at radius 3 is 2.50 bits per heavy atom. The zero-order valence-electron chi connectivity index (χ0n) is 11.0. The molecule has 0 amide bonds. The lowest BCUT2D eigenvalue weighted by atomic mass is 10.1. The predicted octanol–water partition coefficient (Wildman–Crippen LogP) is 4.67. The molecule has 0 spiro atoms. The van der Waals surface area contributed by atoms with Crippen molar-refractivity contribution in [3.05, 3.63) is 73.0 Å². The van der Waals surface area contributed by atoms with E-state index in [1.807, 2.05) is 6.08 Å². The molecular formula is C17H22O. The molecule has 0 bridgehead atoms. The van der Waals surface area contributed by atoms with E-state index in [1.165, 1.54) is 18.4 Å². The van der Waals surface area contributed by atoms with E-state index in [0.29, 0.717) is 0 Å². The predicted molar refractivity (Wildman–Crippen MR) is 78.4 cm³/mol. The van der Waals surface area contributed by atoms with Crippen LogP contribution in [0.25, 0.3) is 0 Å². The van der Waals surface area contributed by atoms with Gasteiger partial charge in [0.1, 0.15) is 5.76 Å². The van der Waals surface area contributed by atoms with E-state index in [9.17, 15) is 0 Å². The third kappa shape index (κ3) is 6.09. The van der Waals surface area contributed by atoms with Crippen LogP contribution in [0, 0.1) is 0 Å². The SMILES string of the molecule is C=C/C=C(\C=C)OCCCCCc1ccccc1. The average Bonchev–Trinajstić information content (AvgIpc) is 2.42. The lowest BCUT2D eigenvalue weighted by Crippen LogP contribution is -1.94. The first kappa shape index (κ1) is 14.3. The summed E-state index contributed by atoms with van der Waals surface area (Å²) in [6, 6.07) is 10.6. The third-order valence-electron chi connectivity index (χ3n) is 2.70. The Morgan fingerprint density at radius 2 is 1.83 bits per heavy atom. The fraction of sp³-hybridized carbons (Fsp3) is 0.294. The highest BCUT2D eigenvalue weighted by Crippen LogP contribution is 2.07. The van der Waals surface area contributed by atoms with E-state index in [1.54, 1.807) is 12.2 Å². The van der Waals surface area contributed by atoms with Crippen molar-refractivity contribution in [1.82, 2.24) is 0 Å². The summed E-state index contributed by atoms with van der Waals surface area (Å²) in [4.78, 5) is 0. The van der Waals surface area contributed by atoms with E-state index in [4.69, 9.17) is 4.74 Å². The Hall–Kier alpha value is -1.76. The van der Waals surface area contributed by atoms with E-state index >= 15 is 0 Å². The third-order valence-corrected chi connectivity index (χ3v) is 2.70. The van der Waals surface area contributed by atoms with Crippen LogP contribution in [-0.2, 0) is 11.2 Å². The number of allylic oxidation sites excluding steroid dienone is 3. The number of aryl methyl sites for hydroxylation is 1. The van der Waals surface area contributed by atoms with Gasteiger partial charge in [-0.1, -0.05) is 49.6 Å². The van der Waals surface area contributed by atoms with Gasteiger partial charge in [-0.3, -0.25) is 0 Å². The first-order valence-electron chi connectivity index (χ1n) is 6.48. The molecule has 0 aliphatic carbocycles. The zero-order chi connectivity index (χ0) is 13.1. The van der Waals surface area contributed by atoms with E-state index in [0.717, 1.165) is 25.2 Å². The second-order valence-electron chi connectivity index (χ2n) is 4.15. The first-order valence-corrected chi connectivity index (χ1v) is 6.48. The molecular weight excluding hydrogens is 220 g/mol. The molecule has 0 N–H and O–H groups in total. The van der Waals surface area contributed by atoms with Crippen molar-refractivity contribution in [2.75, 3.05) is 6.61 Å². The van der Waals surface area contributed by atoms with Crippen LogP contribution in [0.1, 0.15) is 24.8 Å². The number of hydrogen-bond acceptors (Lipinski definition) is 1. The summed E-state index contributed by atoms with van der Waals surface area (Å²) in [5, 5.41) is 0. The minimum Gasteiger partial charge on any atom is -0.494 e. The first-order chi connectivity index (χ1) is 8.86. The lowest BCUT2D eigenvalue weighted by molar-refractivity contribution is 0.217. The van der Waals surface area contributed by atoms with Gasteiger partial charge in [0.05, 0.1) is 6.61 Å². The van der Waals surface area contributed by atoms with Gasteiger partial charge < -0.3 is 4.74 Å². The average molecular weight is 242 g/mol. The molecule has 0 radical (unpaired) electrons. The molecule has 0 saturated heterocycles. The molecule has 0 aromatic heterocycles. The van der Waals surface area contributed by atoms with Crippen molar-refractivity contribution in [3.8, 4) is 0 Å². The molecule has 1 aromatic rings. The molecule has 0 aliphatic heterocycles. The molecule has 1 nitrogen and oxygen atoms in total. The van der Waals surface area contributed by atoms with Gasteiger partial charge in [0.15, 0.2) is 0 Å². The Bertz CT molecular complexity index is 376. The minimum atomic E-state index is 0.750. The molecule has 1 aromatic carbocycles. The summed E-state index contributed by atoms with van der Waals surface area (Å²) in [6.45, 7) is 8.08. The van der Waals surface area contributed by atoms with Crippen molar-refractivity contribution in [2.45, 2.75) is 25.7 Å². The van der Waals surface area contributed by atoms with Crippen molar-refractivity contribution in [2.24, 2.45) is 0 Å². The topological polar surface area (TPSA) is 9.23 Å². The van der Waals surface area contributed by atoms with Crippen LogP contribution in [0.15, 0.2) is 67.5 Å². The molecule has 96 valence electrons. The van der Waals surface area contributed by atoms with Gasteiger partial charge in [0.25, 0.3) is 0 Å². The van der Waals surface area contributed by atoms with Crippen molar-refractivity contribution in [1.29, 1.82) is 0 Å². The maximum Gasteiger partial charge on any atom is 0.118 e. The molecule has 1 rings (SSSR count). The van der Waals surface area contributed by atoms with Crippen molar-refractivity contribution < 1.29 is 4.74 Å². The van der Waals surface area contributed by atoms with Gasteiger partial charge in [0.2, 0.25) is 0 Å². The fourth-order valence-corrected chi connectivity index (χ4v) is 1.73. The Morgan fingerprint density at radius 1 is 1.06 bits per heavy atom. The molecule has 0 unspecified atom stereocenters. The van der Waals surface area contributed by atoms with E-state index < -0.39 is 0 Å². The standard InChI is InChI=1S/C17H22O/c1-3-11-17(4-2)18-15-10-6-9-14-16-12-7-5-8-13-16/h3-5,7-8,11-13H,1-2,6,9-10,14-15H2/b17-11+. The molecule has 1 heteroatoms.